The third-order valence-electron chi connectivity index (χ3n) is 3.27. The molecule has 0 bridgehead atoms. The number of furan rings is 1. The molecule has 124 valence electrons. The predicted molar refractivity (Wildman–Crippen MR) is 86.9 cm³/mol. The van der Waals surface area contributed by atoms with Gasteiger partial charge in [-0.1, -0.05) is 11.6 Å². The highest BCUT2D eigenvalue weighted by atomic mass is 35.5. The zero-order valence-corrected chi connectivity index (χ0v) is 14.5. The number of carbonyl (C=O) groups is 1. The van der Waals surface area contributed by atoms with E-state index in [1.54, 1.807) is 13.1 Å². The molecule has 1 heterocycles. The molecular formula is C15H17ClN2O4S. The first-order valence-electron chi connectivity index (χ1n) is 6.78. The Labute approximate surface area is 140 Å². The van der Waals surface area contributed by atoms with Crippen molar-refractivity contribution < 1.29 is 17.6 Å². The van der Waals surface area contributed by atoms with E-state index in [4.69, 9.17) is 16.0 Å². The van der Waals surface area contributed by atoms with Crippen LogP contribution in [0.5, 0.6) is 0 Å². The van der Waals surface area contributed by atoms with Crippen molar-refractivity contribution in [3.63, 3.8) is 0 Å². The van der Waals surface area contributed by atoms with Crippen molar-refractivity contribution in [1.29, 1.82) is 0 Å². The number of amides is 1. The molecule has 0 unspecified atom stereocenters. The first-order valence-corrected chi connectivity index (χ1v) is 8.64. The van der Waals surface area contributed by atoms with Crippen LogP contribution in [0, 0.1) is 6.92 Å². The minimum Gasteiger partial charge on any atom is -0.464 e. The molecule has 1 aromatic carbocycles. The summed E-state index contributed by atoms with van der Waals surface area (Å²) in [6, 6.07) is 7.75. The summed E-state index contributed by atoms with van der Waals surface area (Å²) >= 11 is 5.92. The van der Waals surface area contributed by atoms with Gasteiger partial charge in [0.1, 0.15) is 16.4 Å². The van der Waals surface area contributed by atoms with E-state index in [-0.39, 0.29) is 27.9 Å². The normalized spacial score (nSPS) is 11.5. The lowest BCUT2D eigenvalue weighted by Gasteiger charge is -2.16. The van der Waals surface area contributed by atoms with Crippen molar-refractivity contribution in [3.8, 4) is 0 Å². The third kappa shape index (κ3) is 3.93. The first-order chi connectivity index (χ1) is 10.7. The Hall–Kier alpha value is -1.83. The molecule has 0 aliphatic heterocycles. The van der Waals surface area contributed by atoms with Crippen molar-refractivity contribution in [1.82, 2.24) is 9.62 Å². The van der Waals surface area contributed by atoms with Gasteiger partial charge in [-0.15, -0.1) is 0 Å². The van der Waals surface area contributed by atoms with E-state index >= 15 is 0 Å². The minimum atomic E-state index is -3.74. The van der Waals surface area contributed by atoms with Crippen molar-refractivity contribution in [2.24, 2.45) is 0 Å². The molecule has 0 atom stereocenters. The SMILES string of the molecule is CNS(=O)(=O)c1cc(C(=O)N(C)Cc2ccc(C)o2)ccc1Cl. The van der Waals surface area contributed by atoms with Gasteiger partial charge in [0.2, 0.25) is 10.0 Å². The molecule has 1 N–H and O–H groups in total. The van der Waals surface area contributed by atoms with Gasteiger partial charge in [0.25, 0.3) is 5.91 Å². The standard InChI is InChI=1S/C15H17ClN2O4S/c1-10-4-6-12(22-10)9-18(3)15(19)11-5-7-13(16)14(8-11)23(20,21)17-2/h4-8,17H,9H2,1-3H3. The Balaban J connectivity index is 2.27. The quantitative estimate of drug-likeness (QED) is 0.892. The maximum atomic E-state index is 12.5. The molecule has 2 aromatic rings. The fourth-order valence-electron chi connectivity index (χ4n) is 2.05. The van der Waals surface area contributed by atoms with Gasteiger partial charge in [0.15, 0.2) is 0 Å². The second-order valence-electron chi connectivity index (χ2n) is 5.03. The highest BCUT2D eigenvalue weighted by Crippen LogP contribution is 2.23. The number of nitrogens with zero attached hydrogens (tertiary/aromatic N) is 1. The predicted octanol–water partition coefficient (Wildman–Crippen LogP) is 2.42. The van der Waals surface area contributed by atoms with Gasteiger partial charge in [0, 0.05) is 12.6 Å². The second kappa shape index (κ2) is 6.74. The number of hydrogen-bond acceptors (Lipinski definition) is 4. The molecule has 1 amide bonds. The van der Waals surface area contributed by atoms with Gasteiger partial charge in [0.05, 0.1) is 11.6 Å². The molecule has 0 saturated heterocycles. The Bertz CT molecular complexity index is 830. The summed E-state index contributed by atoms with van der Waals surface area (Å²) in [5.74, 6) is 1.08. The summed E-state index contributed by atoms with van der Waals surface area (Å²) < 4.78 is 31.5. The molecule has 1 aromatic heterocycles. The lowest BCUT2D eigenvalue weighted by molar-refractivity contribution is 0.0774. The Kier molecular flexibility index (Phi) is 5.13. The maximum Gasteiger partial charge on any atom is 0.254 e. The molecule has 0 aliphatic rings. The van der Waals surface area contributed by atoms with Crippen molar-refractivity contribution in [2.45, 2.75) is 18.4 Å². The fourth-order valence-corrected chi connectivity index (χ4v) is 3.30. The van der Waals surface area contributed by atoms with Crippen LogP contribution in [0.15, 0.2) is 39.6 Å². The van der Waals surface area contributed by atoms with Crippen LogP contribution in [0.25, 0.3) is 0 Å². The van der Waals surface area contributed by atoms with Crippen LogP contribution < -0.4 is 4.72 Å². The number of aryl methyl sites for hydroxylation is 1. The summed E-state index contributed by atoms with van der Waals surface area (Å²) in [5.41, 5.74) is 0.231. The van der Waals surface area contributed by atoms with Crippen LogP contribution in [0.1, 0.15) is 21.9 Å². The van der Waals surface area contributed by atoms with E-state index in [9.17, 15) is 13.2 Å². The average molecular weight is 357 g/mol. The highest BCUT2D eigenvalue weighted by Gasteiger charge is 2.20. The molecule has 0 fully saturated rings. The monoisotopic (exact) mass is 356 g/mol. The second-order valence-corrected chi connectivity index (χ2v) is 7.29. The van der Waals surface area contributed by atoms with Crippen LogP contribution in [-0.4, -0.2) is 33.3 Å². The maximum absolute atomic E-state index is 12.5. The molecule has 0 saturated carbocycles. The lowest BCUT2D eigenvalue weighted by Crippen LogP contribution is -2.26. The van der Waals surface area contributed by atoms with Gasteiger partial charge < -0.3 is 9.32 Å². The lowest BCUT2D eigenvalue weighted by atomic mass is 10.2. The Morgan fingerprint density at radius 1 is 1.30 bits per heavy atom. The van der Waals surface area contributed by atoms with Crippen LogP contribution in [0.3, 0.4) is 0 Å². The number of sulfonamides is 1. The molecule has 23 heavy (non-hydrogen) atoms. The van der Waals surface area contributed by atoms with Crippen LogP contribution >= 0.6 is 11.6 Å². The van der Waals surface area contributed by atoms with E-state index in [2.05, 4.69) is 4.72 Å². The molecule has 0 aliphatic carbocycles. The first kappa shape index (κ1) is 17.5. The van der Waals surface area contributed by atoms with E-state index in [1.807, 2.05) is 13.0 Å². The van der Waals surface area contributed by atoms with Gasteiger partial charge in [-0.05, 0) is 44.3 Å². The van der Waals surface area contributed by atoms with Crippen LogP contribution in [0.2, 0.25) is 5.02 Å². The van der Waals surface area contributed by atoms with Gasteiger partial charge in [-0.3, -0.25) is 4.79 Å². The smallest absolute Gasteiger partial charge is 0.254 e. The van der Waals surface area contributed by atoms with Gasteiger partial charge in [-0.25, -0.2) is 13.1 Å². The zero-order valence-electron chi connectivity index (χ0n) is 13.0. The molecule has 8 heteroatoms. The fraction of sp³-hybridized carbons (Fsp3) is 0.267. The van der Waals surface area contributed by atoms with Crippen LogP contribution in [0.4, 0.5) is 0 Å². The van der Waals surface area contributed by atoms with E-state index in [1.165, 1.54) is 30.1 Å². The molecule has 2 rings (SSSR count). The number of nitrogens with one attached hydrogen (secondary N) is 1. The average Bonchev–Trinajstić information content (AvgIpc) is 2.91. The highest BCUT2D eigenvalue weighted by molar-refractivity contribution is 7.89. The number of halogens is 1. The van der Waals surface area contributed by atoms with E-state index in [0.29, 0.717) is 5.76 Å². The van der Waals surface area contributed by atoms with Crippen molar-refractivity contribution >= 4 is 27.5 Å². The van der Waals surface area contributed by atoms with Gasteiger partial charge >= 0.3 is 0 Å². The molecule has 0 spiro atoms. The minimum absolute atomic E-state index is 0.0558. The molecule has 0 radical (unpaired) electrons. The number of rotatable bonds is 5. The topological polar surface area (TPSA) is 79.6 Å². The number of benzene rings is 1. The number of hydrogen-bond donors (Lipinski definition) is 1. The summed E-state index contributed by atoms with van der Waals surface area (Å²) in [6.07, 6.45) is 0. The largest absolute Gasteiger partial charge is 0.464 e. The Morgan fingerprint density at radius 2 is 2.00 bits per heavy atom. The van der Waals surface area contributed by atoms with E-state index < -0.39 is 10.0 Å². The van der Waals surface area contributed by atoms with Crippen LogP contribution in [-0.2, 0) is 16.6 Å². The van der Waals surface area contributed by atoms with Crippen molar-refractivity contribution in [2.75, 3.05) is 14.1 Å². The molecule has 6 nitrogen and oxygen atoms in total. The van der Waals surface area contributed by atoms with Crippen molar-refractivity contribution in [3.05, 3.63) is 52.4 Å². The van der Waals surface area contributed by atoms with Gasteiger partial charge in [-0.2, -0.15) is 0 Å². The summed E-state index contributed by atoms with van der Waals surface area (Å²) in [7, 11) is -0.842. The number of carbonyl (C=O) groups excluding carboxylic acids is 1. The summed E-state index contributed by atoms with van der Waals surface area (Å²) in [4.78, 5) is 13.8. The molecular weight excluding hydrogens is 340 g/mol. The summed E-state index contributed by atoms with van der Waals surface area (Å²) in [5, 5.41) is 0.0558. The third-order valence-corrected chi connectivity index (χ3v) is 5.17. The van der Waals surface area contributed by atoms with E-state index in [0.717, 1.165) is 5.76 Å². The zero-order chi connectivity index (χ0) is 17.2. The summed E-state index contributed by atoms with van der Waals surface area (Å²) in [6.45, 7) is 2.10. The Morgan fingerprint density at radius 3 is 2.57 bits per heavy atom.